The van der Waals surface area contributed by atoms with Crippen LogP contribution in [0.2, 0.25) is 0 Å². The maximum Gasteiger partial charge on any atom is 0.339 e. The lowest BCUT2D eigenvalue weighted by molar-refractivity contribution is -0.147. The minimum Gasteiger partial charge on any atom is -0.465 e. The first-order valence-corrected chi connectivity index (χ1v) is 9.97. The number of benzene rings is 2. The second-order valence-electron chi connectivity index (χ2n) is 5.90. The van der Waals surface area contributed by atoms with E-state index in [1.54, 1.807) is 36.0 Å². The summed E-state index contributed by atoms with van der Waals surface area (Å²) in [7, 11) is 1.24. The highest BCUT2D eigenvalue weighted by Crippen LogP contribution is 2.17. The summed E-state index contributed by atoms with van der Waals surface area (Å²) in [6, 6.07) is 13.4. The fourth-order valence-corrected chi connectivity index (χ4v) is 2.83. The summed E-state index contributed by atoms with van der Waals surface area (Å²) < 4.78 is 9.55. The molecule has 2 rings (SSSR count). The molecule has 0 aliphatic carbocycles. The first kappa shape index (κ1) is 22.2. The molecule has 0 fully saturated rings. The summed E-state index contributed by atoms with van der Waals surface area (Å²) in [6.45, 7) is -0.523. The standard InChI is InChI=1S/C21H21NO6S/c1-27-21(26)16-5-3-4-6-17(16)22-19(24)13-28-20(25)12-11-18(23)14-7-9-15(29-2)10-8-14/h3-10H,11-13H2,1-2H3,(H,22,24). The molecule has 2 aromatic carbocycles. The number of amides is 1. The van der Waals surface area contributed by atoms with Crippen molar-refractivity contribution in [3.8, 4) is 0 Å². The second-order valence-corrected chi connectivity index (χ2v) is 6.78. The average Bonchev–Trinajstić information content (AvgIpc) is 2.75. The molecule has 152 valence electrons. The molecular weight excluding hydrogens is 394 g/mol. The Morgan fingerprint density at radius 1 is 0.966 bits per heavy atom. The Balaban J connectivity index is 1.79. The Kier molecular flexibility index (Phi) is 8.42. The molecule has 7 nitrogen and oxygen atoms in total. The summed E-state index contributed by atoms with van der Waals surface area (Å²) in [4.78, 5) is 48.7. The third-order valence-corrected chi connectivity index (χ3v) is 4.68. The maximum absolute atomic E-state index is 12.1. The van der Waals surface area contributed by atoms with E-state index in [1.807, 2.05) is 18.4 Å². The Morgan fingerprint density at radius 3 is 2.31 bits per heavy atom. The normalized spacial score (nSPS) is 10.1. The molecule has 0 saturated carbocycles. The number of ether oxygens (including phenoxy) is 2. The highest BCUT2D eigenvalue weighted by molar-refractivity contribution is 7.98. The van der Waals surface area contributed by atoms with Gasteiger partial charge in [0.2, 0.25) is 0 Å². The zero-order valence-electron chi connectivity index (χ0n) is 16.1. The molecule has 1 amide bonds. The van der Waals surface area contributed by atoms with Crippen molar-refractivity contribution < 1.29 is 28.7 Å². The number of thioether (sulfide) groups is 1. The Bertz CT molecular complexity index is 894. The van der Waals surface area contributed by atoms with Gasteiger partial charge in [0.05, 0.1) is 24.8 Å². The van der Waals surface area contributed by atoms with Gasteiger partial charge in [-0.05, 0) is 30.5 Å². The number of para-hydroxylation sites is 1. The predicted molar refractivity (Wildman–Crippen MR) is 109 cm³/mol. The summed E-state index contributed by atoms with van der Waals surface area (Å²) in [6.07, 6.45) is 1.80. The molecule has 0 heterocycles. The van der Waals surface area contributed by atoms with E-state index in [4.69, 9.17) is 4.74 Å². The number of methoxy groups -OCH3 is 1. The van der Waals surface area contributed by atoms with E-state index < -0.39 is 24.5 Å². The van der Waals surface area contributed by atoms with Gasteiger partial charge in [0, 0.05) is 16.9 Å². The van der Waals surface area contributed by atoms with Crippen molar-refractivity contribution in [1.82, 2.24) is 0 Å². The largest absolute Gasteiger partial charge is 0.465 e. The quantitative estimate of drug-likeness (QED) is 0.381. The van der Waals surface area contributed by atoms with Crippen LogP contribution in [0.5, 0.6) is 0 Å². The van der Waals surface area contributed by atoms with Gasteiger partial charge in [-0.3, -0.25) is 14.4 Å². The molecule has 0 unspecified atom stereocenters. The van der Waals surface area contributed by atoms with Gasteiger partial charge >= 0.3 is 11.9 Å². The van der Waals surface area contributed by atoms with Gasteiger partial charge in [-0.15, -0.1) is 11.8 Å². The van der Waals surface area contributed by atoms with E-state index >= 15 is 0 Å². The Hall–Kier alpha value is -3.13. The molecule has 0 saturated heterocycles. The topological polar surface area (TPSA) is 98.8 Å². The van der Waals surface area contributed by atoms with E-state index in [2.05, 4.69) is 10.1 Å². The van der Waals surface area contributed by atoms with E-state index in [0.29, 0.717) is 5.56 Å². The minimum absolute atomic E-state index is 0.00968. The number of ketones is 1. The lowest BCUT2D eigenvalue weighted by Gasteiger charge is -2.10. The molecule has 0 aromatic heterocycles. The number of carbonyl (C=O) groups excluding carboxylic acids is 4. The summed E-state index contributed by atoms with van der Waals surface area (Å²) in [5, 5.41) is 2.50. The number of hydrogen-bond acceptors (Lipinski definition) is 7. The van der Waals surface area contributed by atoms with Crippen LogP contribution in [0.15, 0.2) is 53.4 Å². The third kappa shape index (κ3) is 6.76. The first-order chi connectivity index (χ1) is 13.9. The van der Waals surface area contributed by atoms with Crippen LogP contribution < -0.4 is 5.32 Å². The van der Waals surface area contributed by atoms with Gasteiger partial charge < -0.3 is 14.8 Å². The predicted octanol–water partition coefficient (Wildman–Crippen LogP) is 3.34. The number of hydrogen-bond donors (Lipinski definition) is 1. The van der Waals surface area contributed by atoms with Crippen LogP contribution in [-0.4, -0.2) is 43.6 Å². The molecule has 0 spiro atoms. The number of anilines is 1. The van der Waals surface area contributed by atoms with Gasteiger partial charge in [0.25, 0.3) is 5.91 Å². The lowest BCUT2D eigenvalue weighted by atomic mass is 10.1. The van der Waals surface area contributed by atoms with Crippen molar-refractivity contribution in [2.45, 2.75) is 17.7 Å². The third-order valence-electron chi connectivity index (χ3n) is 3.94. The molecule has 0 atom stereocenters. The fourth-order valence-electron chi connectivity index (χ4n) is 2.42. The molecule has 29 heavy (non-hydrogen) atoms. The molecule has 8 heteroatoms. The highest BCUT2D eigenvalue weighted by Gasteiger charge is 2.15. The monoisotopic (exact) mass is 415 g/mol. The summed E-state index contributed by atoms with van der Waals surface area (Å²) in [5.41, 5.74) is 0.963. The highest BCUT2D eigenvalue weighted by atomic mass is 32.2. The summed E-state index contributed by atoms with van der Waals surface area (Å²) >= 11 is 1.57. The van der Waals surface area contributed by atoms with Crippen molar-refractivity contribution in [3.05, 3.63) is 59.7 Å². The molecule has 1 N–H and O–H groups in total. The molecule has 2 aromatic rings. The Labute approximate surface area is 172 Å². The molecule has 0 radical (unpaired) electrons. The van der Waals surface area contributed by atoms with Crippen LogP contribution in [0.3, 0.4) is 0 Å². The van der Waals surface area contributed by atoms with Crippen LogP contribution in [0, 0.1) is 0 Å². The van der Waals surface area contributed by atoms with Gasteiger partial charge in [0.1, 0.15) is 0 Å². The molecule has 0 aliphatic heterocycles. The van der Waals surface area contributed by atoms with Crippen LogP contribution in [0.25, 0.3) is 0 Å². The van der Waals surface area contributed by atoms with Gasteiger partial charge in [-0.1, -0.05) is 24.3 Å². The number of nitrogens with one attached hydrogen (secondary N) is 1. The fraction of sp³-hybridized carbons (Fsp3) is 0.238. The van der Waals surface area contributed by atoms with Crippen molar-refractivity contribution >= 4 is 41.1 Å². The number of carbonyl (C=O) groups is 4. The van der Waals surface area contributed by atoms with Crippen LogP contribution in [0.1, 0.15) is 33.6 Å². The summed E-state index contributed by atoms with van der Waals surface area (Å²) in [5.74, 6) is -2.03. The maximum atomic E-state index is 12.1. The van der Waals surface area contributed by atoms with E-state index in [0.717, 1.165) is 4.90 Å². The van der Waals surface area contributed by atoms with E-state index in [9.17, 15) is 19.2 Å². The van der Waals surface area contributed by atoms with E-state index in [-0.39, 0.29) is 29.9 Å². The SMILES string of the molecule is COC(=O)c1ccccc1NC(=O)COC(=O)CCC(=O)c1ccc(SC)cc1. The smallest absolute Gasteiger partial charge is 0.339 e. The van der Waals surface area contributed by atoms with Crippen molar-refractivity contribution in [1.29, 1.82) is 0 Å². The average molecular weight is 415 g/mol. The minimum atomic E-state index is -0.657. The van der Waals surface area contributed by atoms with Crippen molar-refractivity contribution in [2.24, 2.45) is 0 Å². The number of Topliss-reactive ketones (excluding diaryl/α,β-unsaturated/α-hetero) is 1. The van der Waals surface area contributed by atoms with E-state index in [1.165, 1.54) is 19.2 Å². The molecular formula is C21H21NO6S. The number of esters is 2. The van der Waals surface area contributed by atoms with Gasteiger partial charge in [-0.25, -0.2) is 4.79 Å². The Morgan fingerprint density at radius 2 is 1.66 bits per heavy atom. The molecule has 0 aliphatic rings. The zero-order chi connectivity index (χ0) is 21.2. The first-order valence-electron chi connectivity index (χ1n) is 8.74. The lowest BCUT2D eigenvalue weighted by Crippen LogP contribution is -2.22. The van der Waals surface area contributed by atoms with Crippen LogP contribution in [-0.2, 0) is 19.1 Å². The number of rotatable bonds is 9. The van der Waals surface area contributed by atoms with Gasteiger partial charge in [-0.2, -0.15) is 0 Å². The van der Waals surface area contributed by atoms with Gasteiger partial charge in [0.15, 0.2) is 12.4 Å². The second kappa shape index (κ2) is 11.0. The van der Waals surface area contributed by atoms with Crippen molar-refractivity contribution in [3.63, 3.8) is 0 Å². The zero-order valence-corrected chi connectivity index (χ0v) is 16.9. The van der Waals surface area contributed by atoms with Crippen molar-refractivity contribution in [2.75, 3.05) is 25.3 Å². The molecule has 0 bridgehead atoms. The van der Waals surface area contributed by atoms with Crippen LogP contribution in [0.4, 0.5) is 5.69 Å². The van der Waals surface area contributed by atoms with Crippen LogP contribution >= 0.6 is 11.8 Å².